The summed E-state index contributed by atoms with van der Waals surface area (Å²) in [7, 11) is 0. The molecule has 46 valence electrons. The van der Waals surface area contributed by atoms with Crippen LogP contribution >= 0.6 is 0 Å². The fourth-order valence-corrected chi connectivity index (χ4v) is 0.140. The predicted octanol–water partition coefficient (Wildman–Crippen LogP) is 0.728. The summed E-state index contributed by atoms with van der Waals surface area (Å²) in [5, 5.41) is 3.96. The molecule has 0 rings (SSSR count). The smallest absolute Gasteiger partial charge is 0.293 e. The first kappa shape index (κ1) is 6.80. The summed E-state index contributed by atoms with van der Waals surface area (Å²) in [5.41, 5.74) is 0. The third-order valence-corrected chi connectivity index (χ3v) is 0.383. The van der Waals surface area contributed by atoms with Crippen molar-refractivity contribution in [3.05, 3.63) is 9.81 Å². The highest BCUT2D eigenvalue weighted by Crippen LogP contribution is 1.91. The Morgan fingerprint density at radius 1 is 1.25 bits per heavy atom. The second-order valence-corrected chi connectivity index (χ2v) is 0.928. The van der Waals surface area contributed by atoms with Crippen molar-refractivity contribution in [1.82, 2.24) is 0 Å². The summed E-state index contributed by atoms with van der Waals surface area (Å²) >= 11 is 0. The molecular formula is C2H4N2O4. The monoisotopic (exact) mass is 120 g/mol. The van der Waals surface area contributed by atoms with Crippen LogP contribution in [0.25, 0.3) is 0 Å². The van der Waals surface area contributed by atoms with E-state index in [1.807, 2.05) is 10.7 Å². The summed E-state index contributed by atoms with van der Waals surface area (Å²) in [5.74, 6) is 0. The lowest BCUT2D eigenvalue weighted by Crippen LogP contribution is -2.03. The Morgan fingerprint density at radius 3 is 1.88 bits per heavy atom. The van der Waals surface area contributed by atoms with E-state index >= 15 is 0 Å². The Bertz CT molecular complexity index is 74.1. The van der Waals surface area contributed by atoms with Gasteiger partial charge in [0.05, 0.1) is 0 Å². The molecule has 0 aliphatic rings. The van der Waals surface area contributed by atoms with Gasteiger partial charge in [-0.25, -0.2) is 0 Å². The highest BCUT2D eigenvalue weighted by molar-refractivity contribution is 4.21. The first-order chi connectivity index (χ1) is 3.81. The van der Waals surface area contributed by atoms with Crippen molar-refractivity contribution in [3.8, 4) is 0 Å². The van der Waals surface area contributed by atoms with Crippen molar-refractivity contribution in [2.24, 2.45) is 10.7 Å². The van der Waals surface area contributed by atoms with E-state index in [0.29, 0.717) is 0 Å². The Balaban J connectivity index is 3.16. The van der Waals surface area contributed by atoms with Gasteiger partial charge in [-0.2, -0.15) is 0 Å². The van der Waals surface area contributed by atoms with Gasteiger partial charge < -0.3 is 9.68 Å². The molecule has 8 heavy (non-hydrogen) atoms. The quantitative estimate of drug-likeness (QED) is 0.311. The van der Waals surface area contributed by atoms with Crippen LogP contribution in [0.2, 0.25) is 0 Å². The van der Waals surface area contributed by atoms with E-state index in [0.717, 1.165) is 0 Å². The third-order valence-electron chi connectivity index (χ3n) is 0.383. The summed E-state index contributed by atoms with van der Waals surface area (Å²) < 4.78 is 0. The van der Waals surface area contributed by atoms with E-state index < -0.39 is 6.29 Å². The average Bonchev–Trinajstić information content (AvgIpc) is 1.68. The molecule has 0 amide bonds. The van der Waals surface area contributed by atoms with Crippen LogP contribution in [0.4, 0.5) is 0 Å². The zero-order valence-electron chi connectivity index (χ0n) is 4.10. The molecule has 0 aliphatic heterocycles. The number of hydrogen-bond donors (Lipinski definition) is 0. The van der Waals surface area contributed by atoms with Crippen LogP contribution in [0.3, 0.4) is 0 Å². The molecule has 0 aliphatic carbocycles. The maximum absolute atomic E-state index is 9.19. The average molecular weight is 120 g/mol. The lowest BCUT2D eigenvalue weighted by atomic mass is 10.8. The SMILES string of the molecule is CC(ON=O)ON=O. The minimum Gasteiger partial charge on any atom is -0.316 e. The minimum atomic E-state index is -0.995. The molecule has 6 nitrogen and oxygen atoms in total. The van der Waals surface area contributed by atoms with Crippen molar-refractivity contribution >= 4 is 0 Å². The molecule has 0 fully saturated rings. The lowest BCUT2D eigenvalue weighted by Gasteiger charge is -1.98. The molecule has 0 radical (unpaired) electrons. The second-order valence-electron chi connectivity index (χ2n) is 0.928. The van der Waals surface area contributed by atoms with E-state index in [1.54, 1.807) is 0 Å². The van der Waals surface area contributed by atoms with Gasteiger partial charge >= 0.3 is 0 Å². The molecular weight excluding hydrogens is 116 g/mol. The Morgan fingerprint density at radius 2 is 1.62 bits per heavy atom. The van der Waals surface area contributed by atoms with Gasteiger partial charge in [-0.15, -0.1) is 9.81 Å². The molecule has 0 heterocycles. The number of nitrogens with zero attached hydrogens (tertiary/aromatic N) is 2. The molecule has 0 saturated carbocycles. The standard InChI is InChI=1S/C2H4N2O4/c1-2(7-3-5)8-4-6/h2H,1H3. The van der Waals surface area contributed by atoms with Crippen LogP contribution in [0.5, 0.6) is 0 Å². The van der Waals surface area contributed by atoms with E-state index in [9.17, 15) is 9.81 Å². The van der Waals surface area contributed by atoms with E-state index in [2.05, 4.69) is 9.68 Å². The van der Waals surface area contributed by atoms with Gasteiger partial charge in [0.25, 0.3) is 6.29 Å². The summed E-state index contributed by atoms with van der Waals surface area (Å²) in [6.07, 6.45) is -0.995. The van der Waals surface area contributed by atoms with Crippen molar-refractivity contribution < 1.29 is 9.68 Å². The summed E-state index contributed by atoms with van der Waals surface area (Å²) in [6, 6.07) is 0. The number of rotatable bonds is 4. The van der Waals surface area contributed by atoms with Crippen LogP contribution in [0.15, 0.2) is 10.7 Å². The van der Waals surface area contributed by atoms with Crippen LogP contribution in [0.1, 0.15) is 6.92 Å². The minimum absolute atomic E-state index is 0.995. The summed E-state index contributed by atoms with van der Waals surface area (Å²) in [4.78, 5) is 26.1. The number of hydrogen-bond acceptors (Lipinski definition) is 6. The molecule has 0 saturated heterocycles. The molecule has 0 aromatic heterocycles. The Kier molecular flexibility index (Phi) is 3.38. The van der Waals surface area contributed by atoms with Gasteiger partial charge in [0.15, 0.2) is 10.7 Å². The van der Waals surface area contributed by atoms with Crippen molar-refractivity contribution in [2.45, 2.75) is 13.2 Å². The van der Waals surface area contributed by atoms with E-state index in [1.165, 1.54) is 6.92 Å². The Labute approximate surface area is 44.6 Å². The maximum atomic E-state index is 9.19. The second kappa shape index (κ2) is 3.97. The lowest BCUT2D eigenvalue weighted by molar-refractivity contribution is -0.132. The highest BCUT2D eigenvalue weighted by Gasteiger charge is 1.99. The van der Waals surface area contributed by atoms with Gasteiger partial charge in [0, 0.05) is 6.92 Å². The molecule has 0 atom stereocenters. The zero-order chi connectivity index (χ0) is 6.41. The van der Waals surface area contributed by atoms with Gasteiger partial charge in [-0.05, 0) is 0 Å². The van der Waals surface area contributed by atoms with Gasteiger partial charge in [-0.3, -0.25) is 0 Å². The predicted molar refractivity (Wildman–Crippen MR) is 23.2 cm³/mol. The Hall–Kier alpha value is -1.20. The normalized spacial score (nSPS) is 8.25. The van der Waals surface area contributed by atoms with Crippen molar-refractivity contribution in [3.63, 3.8) is 0 Å². The highest BCUT2D eigenvalue weighted by atomic mass is 16.9. The van der Waals surface area contributed by atoms with Crippen LogP contribution in [-0.4, -0.2) is 6.29 Å². The van der Waals surface area contributed by atoms with E-state index in [4.69, 9.17) is 0 Å². The largest absolute Gasteiger partial charge is 0.316 e. The molecule has 0 N–H and O–H groups in total. The van der Waals surface area contributed by atoms with Gasteiger partial charge in [0.1, 0.15) is 0 Å². The molecule has 0 spiro atoms. The molecule has 0 bridgehead atoms. The van der Waals surface area contributed by atoms with Gasteiger partial charge in [-0.1, -0.05) is 0 Å². The third kappa shape index (κ3) is 3.01. The first-order valence-corrected chi connectivity index (χ1v) is 1.78. The fraction of sp³-hybridized carbons (Fsp3) is 1.00. The van der Waals surface area contributed by atoms with Crippen LogP contribution in [-0.2, 0) is 9.68 Å². The topological polar surface area (TPSA) is 77.3 Å². The first-order valence-electron chi connectivity index (χ1n) is 1.78. The van der Waals surface area contributed by atoms with Crippen LogP contribution < -0.4 is 0 Å². The molecule has 6 heteroatoms. The maximum Gasteiger partial charge on any atom is 0.293 e. The van der Waals surface area contributed by atoms with Gasteiger partial charge in [0.2, 0.25) is 0 Å². The van der Waals surface area contributed by atoms with Crippen LogP contribution in [0, 0.1) is 9.81 Å². The summed E-state index contributed by atoms with van der Waals surface area (Å²) in [6.45, 7) is 1.31. The molecule has 0 aromatic rings. The zero-order valence-corrected chi connectivity index (χ0v) is 4.10. The van der Waals surface area contributed by atoms with Crippen molar-refractivity contribution in [2.75, 3.05) is 0 Å². The fourth-order valence-electron chi connectivity index (χ4n) is 0.140. The van der Waals surface area contributed by atoms with Crippen molar-refractivity contribution in [1.29, 1.82) is 0 Å². The molecule has 0 unspecified atom stereocenters. The molecule has 0 aromatic carbocycles. The van der Waals surface area contributed by atoms with E-state index in [-0.39, 0.29) is 0 Å².